The minimum Gasteiger partial charge on any atom is -0.265 e. The average molecular weight is 332 g/mol. The van der Waals surface area contributed by atoms with Crippen molar-refractivity contribution in [2.24, 2.45) is 7.05 Å². The van der Waals surface area contributed by atoms with Gasteiger partial charge in [0, 0.05) is 7.05 Å². The highest BCUT2D eigenvalue weighted by Gasteiger charge is 2.19. The lowest BCUT2D eigenvalue weighted by atomic mass is 10.2. The van der Waals surface area contributed by atoms with Gasteiger partial charge in [-0.05, 0) is 31.2 Å². The maximum absolute atomic E-state index is 14.0. The molecule has 0 aliphatic rings. The van der Waals surface area contributed by atoms with Crippen LogP contribution in [0.3, 0.4) is 0 Å². The molecule has 6 nitrogen and oxygen atoms in total. The van der Waals surface area contributed by atoms with Crippen LogP contribution in [0, 0.1) is 18.6 Å². The monoisotopic (exact) mass is 332 g/mol. The quantitative estimate of drug-likeness (QED) is 0.566. The van der Waals surface area contributed by atoms with Crippen molar-refractivity contribution >= 4 is 16.3 Å². The first-order chi connectivity index (χ1) is 11.0. The van der Waals surface area contributed by atoms with E-state index in [1.54, 1.807) is 4.68 Å². The van der Waals surface area contributed by atoms with E-state index in [1.165, 1.54) is 15.9 Å². The zero-order valence-corrected chi connectivity index (χ0v) is 13.0. The van der Waals surface area contributed by atoms with Crippen LogP contribution >= 0.6 is 11.3 Å². The summed E-state index contributed by atoms with van der Waals surface area (Å²) in [5, 5.41) is 17.3. The number of nitrogens with zero attached hydrogens (tertiary/aromatic N) is 6. The molecule has 0 fully saturated rings. The Kier molecular flexibility index (Phi) is 2.98. The summed E-state index contributed by atoms with van der Waals surface area (Å²) >= 11 is 1.30. The summed E-state index contributed by atoms with van der Waals surface area (Å²) in [6.07, 6.45) is 0. The van der Waals surface area contributed by atoms with Crippen molar-refractivity contribution in [2.45, 2.75) is 6.92 Å². The normalized spacial score (nSPS) is 11.5. The molecule has 116 valence electrons. The van der Waals surface area contributed by atoms with Crippen molar-refractivity contribution in [3.8, 4) is 22.1 Å². The molecule has 0 amide bonds. The summed E-state index contributed by atoms with van der Waals surface area (Å²) in [5.74, 6) is -0.958. The van der Waals surface area contributed by atoms with Crippen molar-refractivity contribution in [1.29, 1.82) is 0 Å². The van der Waals surface area contributed by atoms with Gasteiger partial charge in [-0.1, -0.05) is 11.3 Å². The Bertz CT molecular complexity index is 1030. The number of aromatic nitrogens is 6. The number of rotatable bonds is 2. The second-order valence-electron chi connectivity index (χ2n) is 5.04. The molecule has 0 atom stereocenters. The van der Waals surface area contributed by atoms with E-state index in [0.29, 0.717) is 9.97 Å². The van der Waals surface area contributed by atoms with E-state index in [1.807, 2.05) is 20.0 Å². The standard InChI is InChI=1S/C14H10F2N6S/c1-7-5-11(21(2)19-7)13-20-22-12(17-18-14(22)23-13)9-6-8(15)3-4-10(9)16/h3-6H,1-2H3. The van der Waals surface area contributed by atoms with Gasteiger partial charge in [-0.3, -0.25) is 4.68 Å². The number of aryl methyl sites for hydroxylation is 2. The highest BCUT2D eigenvalue weighted by molar-refractivity contribution is 7.19. The fourth-order valence-electron chi connectivity index (χ4n) is 2.37. The molecule has 0 unspecified atom stereocenters. The summed E-state index contributed by atoms with van der Waals surface area (Å²) in [6.45, 7) is 1.89. The van der Waals surface area contributed by atoms with Crippen molar-refractivity contribution in [3.05, 3.63) is 41.6 Å². The first-order valence-corrected chi connectivity index (χ1v) is 7.53. The van der Waals surface area contributed by atoms with Crippen molar-refractivity contribution in [1.82, 2.24) is 29.6 Å². The second-order valence-corrected chi connectivity index (χ2v) is 6.00. The van der Waals surface area contributed by atoms with Crippen LogP contribution in [0.2, 0.25) is 0 Å². The third-order valence-corrected chi connectivity index (χ3v) is 4.30. The fourth-order valence-corrected chi connectivity index (χ4v) is 3.25. The van der Waals surface area contributed by atoms with Crippen LogP contribution in [-0.4, -0.2) is 29.6 Å². The maximum atomic E-state index is 14.0. The zero-order valence-electron chi connectivity index (χ0n) is 12.2. The third-order valence-electron chi connectivity index (χ3n) is 3.38. The third kappa shape index (κ3) is 2.20. The van der Waals surface area contributed by atoms with E-state index in [9.17, 15) is 8.78 Å². The molecular weight excluding hydrogens is 322 g/mol. The lowest BCUT2D eigenvalue weighted by molar-refractivity contribution is 0.601. The van der Waals surface area contributed by atoms with Crippen molar-refractivity contribution in [3.63, 3.8) is 0 Å². The Balaban J connectivity index is 1.90. The molecule has 0 spiro atoms. The molecular formula is C14H10F2N6S. The van der Waals surface area contributed by atoms with Gasteiger partial charge in [-0.2, -0.15) is 14.7 Å². The largest absolute Gasteiger partial charge is 0.265 e. The van der Waals surface area contributed by atoms with E-state index >= 15 is 0 Å². The number of fused-ring (bicyclic) bond motifs is 1. The Morgan fingerprint density at radius 3 is 2.65 bits per heavy atom. The Morgan fingerprint density at radius 1 is 1.09 bits per heavy atom. The molecule has 23 heavy (non-hydrogen) atoms. The number of hydrogen-bond acceptors (Lipinski definition) is 5. The summed E-state index contributed by atoms with van der Waals surface area (Å²) in [7, 11) is 1.82. The van der Waals surface area contributed by atoms with Gasteiger partial charge in [-0.25, -0.2) is 8.78 Å². The minimum atomic E-state index is -0.577. The van der Waals surface area contributed by atoms with E-state index in [4.69, 9.17) is 0 Å². The molecule has 9 heteroatoms. The summed E-state index contributed by atoms with van der Waals surface area (Å²) in [4.78, 5) is 0.498. The summed E-state index contributed by atoms with van der Waals surface area (Å²) in [5.41, 5.74) is 1.71. The molecule has 1 aromatic carbocycles. The molecule has 0 N–H and O–H groups in total. The first-order valence-electron chi connectivity index (χ1n) is 6.71. The van der Waals surface area contributed by atoms with Crippen molar-refractivity contribution < 1.29 is 8.78 Å². The molecule has 0 radical (unpaired) electrons. The lowest BCUT2D eigenvalue weighted by Gasteiger charge is -1.99. The zero-order chi connectivity index (χ0) is 16.1. The molecule has 0 saturated heterocycles. The molecule has 4 rings (SSSR count). The van der Waals surface area contributed by atoms with Gasteiger partial charge < -0.3 is 0 Å². The van der Waals surface area contributed by atoms with E-state index in [2.05, 4.69) is 20.4 Å². The highest BCUT2D eigenvalue weighted by atomic mass is 32.1. The van der Waals surface area contributed by atoms with Gasteiger partial charge in [0.15, 0.2) is 10.8 Å². The van der Waals surface area contributed by atoms with Crippen LogP contribution in [0.4, 0.5) is 8.78 Å². The smallest absolute Gasteiger partial charge is 0.235 e. The lowest BCUT2D eigenvalue weighted by Crippen LogP contribution is -1.96. The Morgan fingerprint density at radius 2 is 1.91 bits per heavy atom. The number of hydrogen-bond donors (Lipinski definition) is 0. The highest BCUT2D eigenvalue weighted by Crippen LogP contribution is 2.29. The van der Waals surface area contributed by atoms with E-state index in [0.717, 1.165) is 29.6 Å². The van der Waals surface area contributed by atoms with Gasteiger partial charge >= 0.3 is 0 Å². The summed E-state index contributed by atoms with van der Waals surface area (Å²) < 4.78 is 30.5. The topological polar surface area (TPSA) is 60.9 Å². The molecule has 0 aliphatic carbocycles. The predicted octanol–water partition coefficient (Wildman–Crippen LogP) is 2.84. The van der Waals surface area contributed by atoms with E-state index < -0.39 is 11.6 Å². The van der Waals surface area contributed by atoms with Gasteiger partial charge in [0.05, 0.1) is 17.0 Å². The molecule has 0 aliphatic heterocycles. The molecule has 0 saturated carbocycles. The van der Waals surface area contributed by atoms with Crippen LogP contribution in [0.15, 0.2) is 24.3 Å². The maximum Gasteiger partial charge on any atom is 0.235 e. The fraction of sp³-hybridized carbons (Fsp3) is 0.143. The molecule has 3 heterocycles. The number of benzene rings is 1. The van der Waals surface area contributed by atoms with Crippen LogP contribution < -0.4 is 0 Å². The van der Waals surface area contributed by atoms with E-state index in [-0.39, 0.29) is 11.4 Å². The summed E-state index contributed by atoms with van der Waals surface area (Å²) in [6, 6.07) is 5.10. The van der Waals surface area contributed by atoms with Crippen LogP contribution in [0.5, 0.6) is 0 Å². The average Bonchev–Trinajstić information content (AvgIpc) is 3.15. The predicted molar refractivity (Wildman–Crippen MR) is 81.0 cm³/mol. The van der Waals surface area contributed by atoms with Gasteiger partial charge in [0.25, 0.3) is 0 Å². The van der Waals surface area contributed by atoms with Gasteiger partial charge in [0.1, 0.15) is 11.6 Å². The van der Waals surface area contributed by atoms with Crippen LogP contribution in [0.25, 0.3) is 27.1 Å². The first kappa shape index (κ1) is 13.9. The van der Waals surface area contributed by atoms with Crippen LogP contribution in [0.1, 0.15) is 5.69 Å². The van der Waals surface area contributed by atoms with Crippen LogP contribution in [-0.2, 0) is 7.05 Å². The SMILES string of the molecule is Cc1cc(-c2nn3c(-c4cc(F)ccc4F)nnc3s2)n(C)n1. The minimum absolute atomic E-state index is 0.0236. The van der Waals surface area contributed by atoms with Gasteiger partial charge in [0.2, 0.25) is 4.96 Å². The Labute approximate surface area is 133 Å². The van der Waals surface area contributed by atoms with Gasteiger partial charge in [-0.15, -0.1) is 10.2 Å². The Hall–Kier alpha value is -2.68. The van der Waals surface area contributed by atoms with Crippen molar-refractivity contribution in [2.75, 3.05) is 0 Å². The molecule has 3 aromatic heterocycles. The molecule has 4 aromatic rings. The second kappa shape index (κ2) is 4.92. The number of halogens is 2. The molecule has 0 bridgehead atoms.